The molecule has 0 aliphatic rings. The van der Waals surface area contributed by atoms with Gasteiger partial charge >= 0.3 is 11.9 Å². The van der Waals surface area contributed by atoms with Crippen LogP contribution in [0.15, 0.2) is 97.2 Å². The number of nitrogens with one attached hydrogen (secondary N) is 1. The van der Waals surface area contributed by atoms with Crippen LogP contribution in [0.1, 0.15) is 187 Å². The van der Waals surface area contributed by atoms with Crippen LogP contribution in [0.25, 0.3) is 0 Å². The zero-order valence-corrected chi connectivity index (χ0v) is 35.7. The van der Waals surface area contributed by atoms with E-state index in [2.05, 4.69) is 116 Å². The average molecular weight is 776 g/mol. The van der Waals surface area contributed by atoms with Gasteiger partial charge in [0, 0.05) is 12.8 Å². The molecule has 0 radical (unpaired) electrons. The van der Waals surface area contributed by atoms with Crippen molar-refractivity contribution in [2.45, 2.75) is 193 Å². The number of carboxylic acids is 1. The number of ether oxygens (including phenoxy) is 1. The Bertz CT molecular complexity index is 1170. The molecule has 0 rings (SSSR count). The van der Waals surface area contributed by atoms with Gasteiger partial charge in [-0.15, -0.1) is 0 Å². The van der Waals surface area contributed by atoms with Crippen LogP contribution in [0.5, 0.6) is 0 Å². The van der Waals surface area contributed by atoms with Gasteiger partial charge in [0.1, 0.15) is 12.6 Å². The zero-order valence-electron chi connectivity index (χ0n) is 35.7. The van der Waals surface area contributed by atoms with Crippen LogP contribution in [-0.2, 0) is 19.1 Å². The molecule has 0 heterocycles. The van der Waals surface area contributed by atoms with Gasteiger partial charge in [0.15, 0.2) is 0 Å². The second-order valence-electron chi connectivity index (χ2n) is 14.6. The fourth-order valence-corrected chi connectivity index (χ4v) is 5.97. The van der Waals surface area contributed by atoms with Crippen LogP contribution >= 0.6 is 0 Å². The van der Waals surface area contributed by atoms with Crippen molar-refractivity contribution in [1.29, 1.82) is 0 Å². The Morgan fingerprint density at radius 1 is 0.482 bits per heavy atom. The number of carbonyl (C=O) groups excluding carboxylic acids is 2. The number of carboxylic acid groups (broad SMARTS) is 1. The molecule has 56 heavy (non-hydrogen) atoms. The molecule has 0 aromatic rings. The number of esters is 1. The summed E-state index contributed by atoms with van der Waals surface area (Å²) in [4.78, 5) is 35.0. The van der Waals surface area contributed by atoms with Crippen molar-refractivity contribution in [2.24, 2.45) is 0 Å². The normalized spacial score (nSPS) is 13.0. The Morgan fingerprint density at radius 2 is 0.911 bits per heavy atom. The summed E-state index contributed by atoms with van der Waals surface area (Å²) in [5.74, 6) is -1.32. The molecular formula is C50H81NO5. The molecule has 0 saturated heterocycles. The Hall–Kier alpha value is -3.67. The lowest BCUT2D eigenvalue weighted by Gasteiger charge is -2.18. The summed E-state index contributed by atoms with van der Waals surface area (Å²) in [5, 5.41) is 11.1. The summed E-state index contributed by atoms with van der Waals surface area (Å²) < 4.78 is 5.98. The predicted molar refractivity (Wildman–Crippen MR) is 240 cm³/mol. The first-order valence-electron chi connectivity index (χ1n) is 22.4. The Labute approximate surface area is 343 Å². The number of aliphatic carboxylic acids is 1. The van der Waals surface area contributed by atoms with Gasteiger partial charge in [-0.05, 0) is 109 Å². The molecule has 1 atom stereocenters. The summed E-state index contributed by atoms with van der Waals surface area (Å²) in [5.41, 5.74) is 0. The van der Waals surface area contributed by atoms with Crippen molar-refractivity contribution < 1.29 is 24.2 Å². The second kappa shape index (κ2) is 44.0. The van der Waals surface area contributed by atoms with Crippen molar-refractivity contribution >= 4 is 17.8 Å². The highest BCUT2D eigenvalue weighted by atomic mass is 16.5. The van der Waals surface area contributed by atoms with Gasteiger partial charge in [-0.3, -0.25) is 14.4 Å². The van der Waals surface area contributed by atoms with E-state index in [1.54, 1.807) is 0 Å². The highest BCUT2D eigenvalue weighted by molar-refractivity contribution is 5.80. The molecule has 6 nitrogen and oxygen atoms in total. The highest BCUT2D eigenvalue weighted by Crippen LogP contribution is 2.17. The Kier molecular flexibility index (Phi) is 41.2. The molecule has 1 amide bonds. The second-order valence-corrected chi connectivity index (χ2v) is 14.6. The third kappa shape index (κ3) is 43.1. The smallest absolute Gasteiger partial charge is 0.322 e. The van der Waals surface area contributed by atoms with E-state index in [-0.39, 0.29) is 24.5 Å². The topological polar surface area (TPSA) is 92.7 Å². The van der Waals surface area contributed by atoms with Gasteiger partial charge in [0.05, 0.1) is 0 Å². The number of rotatable bonds is 39. The molecule has 6 heteroatoms. The third-order valence-corrected chi connectivity index (χ3v) is 9.24. The van der Waals surface area contributed by atoms with Crippen molar-refractivity contribution in [3.8, 4) is 0 Å². The monoisotopic (exact) mass is 776 g/mol. The van der Waals surface area contributed by atoms with E-state index >= 15 is 0 Å². The predicted octanol–water partition coefficient (Wildman–Crippen LogP) is 14.1. The molecule has 1 unspecified atom stereocenters. The van der Waals surface area contributed by atoms with Crippen LogP contribution in [0, 0.1) is 0 Å². The quantitative estimate of drug-likeness (QED) is 0.0368. The van der Waals surface area contributed by atoms with Crippen molar-refractivity contribution in [2.75, 3.05) is 6.54 Å². The molecule has 0 saturated carbocycles. The van der Waals surface area contributed by atoms with Crippen LogP contribution in [0.2, 0.25) is 0 Å². The van der Waals surface area contributed by atoms with E-state index in [0.29, 0.717) is 12.8 Å². The SMILES string of the molecule is CC/C=C\C/C=C\C/C=C\C/C=C\C/C=C\C/C=C\C/C=C\CCCC(=O)OC(CCC/C=C\CCCCCCCC)CCCCCCCC(=O)NCC(=O)O. The highest BCUT2D eigenvalue weighted by Gasteiger charge is 2.14. The average Bonchev–Trinajstić information content (AvgIpc) is 3.18. The molecule has 0 aromatic carbocycles. The van der Waals surface area contributed by atoms with Crippen molar-refractivity contribution in [1.82, 2.24) is 5.32 Å². The van der Waals surface area contributed by atoms with Crippen LogP contribution in [0.4, 0.5) is 0 Å². The van der Waals surface area contributed by atoms with Crippen LogP contribution in [0.3, 0.4) is 0 Å². The maximum Gasteiger partial charge on any atom is 0.322 e. The van der Waals surface area contributed by atoms with Crippen LogP contribution in [-0.4, -0.2) is 35.6 Å². The van der Waals surface area contributed by atoms with E-state index in [1.807, 2.05) is 0 Å². The van der Waals surface area contributed by atoms with E-state index in [9.17, 15) is 14.4 Å². The molecule has 0 aromatic heterocycles. The number of hydrogen-bond donors (Lipinski definition) is 2. The van der Waals surface area contributed by atoms with E-state index in [0.717, 1.165) is 122 Å². The van der Waals surface area contributed by atoms with E-state index in [1.165, 1.54) is 38.5 Å². The largest absolute Gasteiger partial charge is 0.480 e. The zero-order chi connectivity index (χ0) is 40.8. The van der Waals surface area contributed by atoms with Gasteiger partial charge in [-0.2, -0.15) is 0 Å². The Morgan fingerprint density at radius 3 is 1.46 bits per heavy atom. The Balaban J connectivity index is 4.28. The van der Waals surface area contributed by atoms with Gasteiger partial charge in [0.2, 0.25) is 5.91 Å². The molecule has 0 spiro atoms. The number of hydrogen-bond acceptors (Lipinski definition) is 4. The van der Waals surface area contributed by atoms with Gasteiger partial charge in [0.25, 0.3) is 0 Å². The maximum absolute atomic E-state index is 12.7. The summed E-state index contributed by atoms with van der Waals surface area (Å²) in [6, 6.07) is 0. The van der Waals surface area contributed by atoms with Gasteiger partial charge in [-0.25, -0.2) is 0 Å². The first-order chi connectivity index (χ1) is 27.5. The van der Waals surface area contributed by atoms with E-state index < -0.39 is 5.97 Å². The number of unbranched alkanes of at least 4 members (excludes halogenated alkanes) is 12. The molecule has 0 aliphatic heterocycles. The van der Waals surface area contributed by atoms with Gasteiger partial charge < -0.3 is 15.2 Å². The fraction of sp³-hybridized carbons (Fsp3) is 0.620. The fourth-order valence-electron chi connectivity index (χ4n) is 5.97. The summed E-state index contributed by atoms with van der Waals surface area (Å²) >= 11 is 0. The van der Waals surface area contributed by atoms with Gasteiger partial charge in [-0.1, -0.05) is 162 Å². The van der Waals surface area contributed by atoms with E-state index in [4.69, 9.17) is 9.84 Å². The minimum Gasteiger partial charge on any atom is -0.480 e. The molecule has 316 valence electrons. The number of carbonyl (C=O) groups is 3. The minimum atomic E-state index is -1.03. The lowest BCUT2D eigenvalue weighted by Crippen LogP contribution is -2.28. The minimum absolute atomic E-state index is 0.0418. The molecule has 0 aliphatic carbocycles. The molecule has 0 bridgehead atoms. The van der Waals surface area contributed by atoms with Crippen molar-refractivity contribution in [3.05, 3.63) is 97.2 Å². The number of allylic oxidation sites excluding steroid dienone is 16. The molecule has 0 fully saturated rings. The first kappa shape index (κ1) is 52.3. The number of amides is 1. The lowest BCUT2D eigenvalue weighted by atomic mass is 10.0. The standard InChI is InChI=1S/C50H81NO5/c1-3-5-7-9-11-13-15-16-17-18-19-20-21-22-23-24-25-26-28-30-32-37-41-45-50(55)56-47(42-38-34-31-29-27-14-12-10-8-6-4-2)43-39-35-33-36-40-44-48(52)51-46-49(53)54/h5,7,11,13,16-17,19-20,22-23,25-26,29-32,47H,3-4,6,8-10,12,14-15,18,21,24,27-28,33-46H2,1-2H3,(H,51,52)(H,53,54)/b7-5-,13-11-,17-16-,20-19-,23-22-,26-25-,31-29-,32-30-. The molecule has 2 N–H and O–H groups in total. The summed E-state index contributed by atoms with van der Waals surface area (Å²) in [6.45, 7) is 4.09. The molecular weight excluding hydrogens is 695 g/mol. The maximum atomic E-state index is 12.7. The van der Waals surface area contributed by atoms with Crippen molar-refractivity contribution in [3.63, 3.8) is 0 Å². The first-order valence-corrected chi connectivity index (χ1v) is 22.4. The summed E-state index contributed by atoms with van der Waals surface area (Å²) in [6.07, 6.45) is 62.5. The lowest BCUT2D eigenvalue weighted by molar-refractivity contribution is -0.150. The third-order valence-electron chi connectivity index (χ3n) is 9.24. The summed E-state index contributed by atoms with van der Waals surface area (Å²) in [7, 11) is 0. The van der Waals surface area contributed by atoms with Crippen LogP contribution < -0.4 is 5.32 Å².